The predicted octanol–water partition coefficient (Wildman–Crippen LogP) is 2.53. The number of ether oxygens (including phenoxy) is 2. The third-order valence-electron chi connectivity index (χ3n) is 3.15. The number of carbonyl (C=O) groups is 2. The molecule has 1 rings (SSSR count). The molecule has 1 N–H and O–H groups in total. The summed E-state index contributed by atoms with van der Waals surface area (Å²) in [6.45, 7) is 3.68. The van der Waals surface area contributed by atoms with Gasteiger partial charge in [-0.3, -0.25) is 4.79 Å². The summed E-state index contributed by atoms with van der Waals surface area (Å²) < 4.78 is 11.0. The Hall–Kier alpha value is -1.56. The third-order valence-corrected chi connectivity index (χ3v) is 3.64. The highest BCUT2D eigenvalue weighted by Gasteiger charge is 2.26. The summed E-state index contributed by atoms with van der Waals surface area (Å²) in [7, 11) is 1.31. The fraction of sp³-hybridized carbons (Fsp3) is 0.467. The van der Waals surface area contributed by atoms with E-state index in [1.165, 1.54) is 7.11 Å². The van der Waals surface area contributed by atoms with Gasteiger partial charge in [-0.25, -0.2) is 4.79 Å². The highest BCUT2D eigenvalue weighted by molar-refractivity contribution is 9.10. The number of carbonyl (C=O) groups excluding carboxylic acids is 2. The first-order valence-corrected chi connectivity index (χ1v) is 7.52. The first kappa shape index (κ1) is 17.5. The Labute approximate surface area is 133 Å². The lowest BCUT2D eigenvalue weighted by molar-refractivity contribution is -0.146. The minimum Gasteiger partial charge on any atom is -0.484 e. The van der Waals surface area contributed by atoms with Crippen molar-refractivity contribution < 1.29 is 19.1 Å². The number of hydrogen-bond donors (Lipinski definition) is 1. The SMILES string of the molecule is CC[C@H](C)[C@H](NC(=O)COc1cccc(Br)c1)C(=O)OC. The summed E-state index contributed by atoms with van der Waals surface area (Å²) in [5, 5.41) is 2.65. The van der Waals surface area contributed by atoms with Gasteiger partial charge < -0.3 is 14.8 Å². The molecule has 0 unspecified atom stereocenters. The van der Waals surface area contributed by atoms with E-state index < -0.39 is 12.0 Å². The molecule has 0 saturated heterocycles. The van der Waals surface area contributed by atoms with Crippen molar-refractivity contribution in [3.8, 4) is 5.75 Å². The van der Waals surface area contributed by atoms with Crippen LogP contribution in [0.5, 0.6) is 5.75 Å². The number of nitrogens with one attached hydrogen (secondary N) is 1. The fourth-order valence-corrected chi connectivity index (χ4v) is 2.10. The Kier molecular flexibility index (Phi) is 7.22. The molecule has 1 aromatic carbocycles. The molecule has 5 nitrogen and oxygen atoms in total. The van der Waals surface area contributed by atoms with E-state index in [9.17, 15) is 9.59 Å². The average molecular weight is 358 g/mol. The zero-order valence-corrected chi connectivity index (χ0v) is 14.0. The van der Waals surface area contributed by atoms with E-state index in [0.29, 0.717) is 5.75 Å². The second kappa shape index (κ2) is 8.67. The molecule has 0 heterocycles. The van der Waals surface area contributed by atoms with Gasteiger partial charge in [0.05, 0.1) is 7.11 Å². The topological polar surface area (TPSA) is 64.6 Å². The Balaban J connectivity index is 2.56. The minimum atomic E-state index is -0.654. The Morgan fingerprint density at radius 2 is 2.10 bits per heavy atom. The maximum Gasteiger partial charge on any atom is 0.328 e. The van der Waals surface area contributed by atoms with Gasteiger partial charge in [0.15, 0.2) is 6.61 Å². The van der Waals surface area contributed by atoms with Crippen LogP contribution in [-0.2, 0) is 14.3 Å². The summed E-state index contributed by atoms with van der Waals surface area (Å²) in [5.41, 5.74) is 0. The van der Waals surface area contributed by atoms with Crippen molar-refractivity contribution in [2.45, 2.75) is 26.3 Å². The van der Waals surface area contributed by atoms with Crippen LogP contribution in [0.1, 0.15) is 20.3 Å². The number of esters is 1. The normalized spacial score (nSPS) is 13.1. The third kappa shape index (κ3) is 5.75. The van der Waals surface area contributed by atoms with Crippen LogP contribution in [0.15, 0.2) is 28.7 Å². The summed E-state index contributed by atoms with van der Waals surface area (Å²) in [6, 6.07) is 6.54. The van der Waals surface area contributed by atoms with Gasteiger partial charge in [-0.05, 0) is 24.1 Å². The molecule has 6 heteroatoms. The van der Waals surface area contributed by atoms with Crippen molar-refractivity contribution in [2.24, 2.45) is 5.92 Å². The van der Waals surface area contributed by atoms with E-state index in [1.807, 2.05) is 26.0 Å². The molecule has 0 aliphatic rings. The molecule has 1 amide bonds. The van der Waals surface area contributed by atoms with Crippen molar-refractivity contribution in [2.75, 3.05) is 13.7 Å². The fourth-order valence-electron chi connectivity index (χ4n) is 1.72. The Bertz CT molecular complexity index is 492. The minimum absolute atomic E-state index is 0.00716. The van der Waals surface area contributed by atoms with Crippen molar-refractivity contribution in [3.05, 3.63) is 28.7 Å². The number of amides is 1. The second-order valence-corrected chi connectivity index (χ2v) is 5.62. The number of benzene rings is 1. The Morgan fingerprint density at radius 1 is 1.38 bits per heavy atom. The van der Waals surface area contributed by atoms with E-state index in [-0.39, 0.29) is 18.4 Å². The standard InChI is InChI=1S/C15H20BrNO4/c1-4-10(2)14(15(19)20-3)17-13(18)9-21-12-7-5-6-11(16)8-12/h5-8,10,14H,4,9H2,1-3H3,(H,17,18)/t10-,14-/m0/s1. The van der Waals surface area contributed by atoms with E-state index in [0.717, 1.165) is 10.9 Å². The maximum atomic E-state index is 11.9. The zero-order chi connectivity index (χ0) is 15.8. The number of methoxy groups -OCH3 is 1. The summed E-state index contributed by atoms with van der Waals surface area (Å²) in [6.07, 6.45) is 0.756. The lowest BCUT2D eigenvalue weighted by Gasteiger charge is -2.21. The molecule has 1 aromatic rings. The predicted molar refractivity (Wildman–Crippen MR) is 83.0 cm³/mol. The lowest BCUT2D eigenvalue weighted by atomic mass is 9.99. The highest BCUT2D eigenvalue weighted by atomic mass is 79.9. The quantitative estimate of drug-likeness (QED) is 0.761. The van der Waals surface area contributed by atoms with E-state index in [4.69, 9.17) is 9.47 Å². The zero-order valence-electron chi connectivity index (χ0n) is 12.4. The summed E-state index contributed by atoms with van der Waals surface area (Å²) >= 11 is 3.32. The summed E-state index contributed by atoms with van der Waals surface area (Å²) in [5.74, 6) is -0.226. The molecule has 0 saturated carbocycles. The van der Waals surface area contributed by atoms with Crippen molar-refractivity contribution in [1.82, 2.24) is 5.32 Å². The van der Waals surface area contributed by atoms with Gasteiger partial charge in [-0.2, -0.15) is 0 Å². The molecule has 0 aromatic heterocycles. The monoisotopic (exact) mass is 357 g/mol. The highest BCUT2D eigenvalue weighted by Crippen LogP contribution is 2.17. The molecule has 0 aliphatic heterocycles. The average Bonchev–Trinajstić information content (AvgIpc) is 2.49. The van der Waals surface area contributed by atoms with Crippen LogP contribution in [0, 0.1) is 5.92 Å². The molecule has 21 heavy (non-hydrogen) atoms. The van der Waals surface area contributed by atoms with Crippen LogP contribution in [-0.4, -0.2) is 31.6 Å². The van der Waals surface area contributed by atoms with Crippen LogP contribution < -0.4 is 10.1 Å². The molecule has 2 atom stereocenters. The van der Waals surface area contributed by atoms with E-state index >= 15 is 0 Å². The van der Waals surface area contributed by atoms with Gasteiger partial charge in [0.2, 0.25) is 0 Å². The summed E-state index contributed by atoms with van der Waals surface area (Å²) in [4.78, 5) is 23.6. The van der Waals surface area contributed by atoms with Crippen LogP contribution in [0.25, 0.3) is 0 Å². The number of hydrogen-bond acceptors (Lipinski definition) is 4. The first-order chi connectivity index (χ1) is 9.97. The maximum absolute atomic E-state index is 11.9. The van der Waals surface area contributed by atoms with Crippen LogP contribution in [0.2, 0.25) is 0 Å². The van der Waals surface area contributed by atoms with Crippen LogP contribution in [0.4, 0.5) is 0 Å². The van der Waals surface area contributed by atoms with Crippen molar-refractivity contribution >= 4 is 27.8 Å². The molecule has 0 spiro atoms. The van der Waals surface area contributed by atoms with Gasteiger partial charge in [0, 0.05) is 4.47 Å². The van der Waals surface area contributed by atoms with Gasteiger partial charge in [0.1, 0.15) is 11.8 Å². The first-order valence-electron chi connectivity index (χ1n) is 6.73. The van der Waals surface area contributed by atoms with Crippen LogP contribution in [0.3, 0.4) is 0 Å². The largest absolute Gasteiger partial charge is 0.484 e. The molecule has 0 fully saturated rings. The molecule has 0 aliphatic carbocycles. The molecule has 0 bridgehead atoms. The molecular formula is C15H20BrNO4. The van der Waals surface area contributed by atoms with Gasteiger partial charge in [-0.1, -0.05) is 42.3 Å². The van der Waals surface area contributed by atoms with Crippen molar-refractivity contribution in [3.63, 3.8) is 0 Å². The van der Waals surface area contributed by atoms with Crippen molar-refractivity contribution in [1.29, 1.82) is 0 Å². The number of rotatable bonds is 7. The van der Waals surface area contributed by atoms with E-state index in [2.05, 4.69) is 21.2 Å². The molecule has 116 valence electrons. The van der Waals surface area contributed by atoms with E-state index in [1.54, 1.807) is 12.1 Å². The van der Waals surface area contributed by atoms with Crippen LogP contribution >= 0.6 is 15.9 Å². The van der Waals surface area contributed by atoms with Gasteiger partial charge >= 0.3 is 5.97 Å². The van der Waals surface area contributed by atoms with Gasteiger partial charge in [0.25, 0.3) is 5.91 Å². The molecule has 0 radical (unpaired) electrons. The lowest BCUT2D eigenvalue weighted by Crippen LogP contribution is -2.47. The molecular weight excluding hydrogens is 338 g/mol. The Morgan fingerprint density at radius 3 is 2.67 bits per heavy atom. The van der Waals surface area contributed by atoms with Gasteiger partial charge in [-0.15, -0.1) is 0 Å². The smallest absolute Gasteiger partial charge is 0.328 e. The second-order valence-electron chi connectivity index (χ2n) is 4.70. The number of halogens is 1.